The van der Waals surface area contributed by atoms with Crippen molar-refractivity contribution >= 4 is 5.97 Å². The molecule has 2 fully saturated rings. The lowest BCUT2D eigenvalue weighted by Crippen LogP contribution is -2.08. The van der Waals surface area contributed by atoms with Crippen LogP contribution in [0.5, 0.6) is 11.6 Å². The van der Waals surface area contributed by atoms with E-state index in [0.717, 1.165) is 23.5 Å². The molecule has 0 spiro atoms. The number of carbonyl (C=O) groups is 1. The van der Waals surface area contributed by atoms with Crippen molar-refractivity contribution in [1.82, 2.24) is 4.98 Å². The Morgan fingerprint density at radius 2 is 1.92 bits per heavy atom. The van der Waals surface area contributed by atoms with Crippen molar-refractivity contribution in [1.29, 1.82) is 0 Å². The first-order chi connectivity index (χ1) is 11.7. The van der Waals surface area contributed by atoms with Crippen LogP contribution in [-0.2, 0) is 4.74 Å². The summed E-state index contributed by atoms with van der Waals surface area (Å²) in [7, 11) is 1.35. The van der Waals surface area contributed by atoms with Crippen molar-refractivity contribution in [2.24, 2.45) is 11.8 Å². The number of pyridine rings is 1. The number of carbonyl (C=O) groups excluding carboxylic acids is 1. The van der Waals surface area contributed by atoms with Gasteiger partial charge in [0.1, 0.15) is 5.75 Å². The molecule has 124 valence electrons. The molecule has 1 aromatic carbocycles. The zero-order valence-corrected chi connectivity index (χ0v) is 13.8. The average molecular weight is 323 g/mol. The van der Waals surface area contributed by atoms with Gasteiger partial charge in [0.15, 0.2) is 0 Å². The second-order valence-electron chi connectivity index (χ2n) is 6.83. The van der Waals surface area contributed by atoms with Gasteiger partial charge in [0.05, 0.1) is 12.7 Å². The fourth-order valence-corrected chi connectivity index (χ4v) is 4.24. The van der Waals surface area contributed by atoms with Gasteiger partial charge in [-0.2, -0.15) is 0 Å². The van der Waals surface area contributed by atoms with E-state index in [2.05, 4.69) is 21.9 Å². The lowest BCUT2D eigenvalue weighted by molar-refractivity contribution is 0.0600. The zero-order valence-electron chi connectivity index (χ0n) is 13.8. The largest absolute Gasteiger partial charge is 0.465 e. The summed E-state index contributed by atoms with van der Waals surface area (Å²) >= 11 is 0. The van der Waals surface area contributed by atoms with Crippen molar-refractivity contribution in [2.75, 3.05) is 7.11 Å². The number of hydrogen-bond donors (Lipinski definition) is 0. The Balaban J connectivity index is 1.43. The highest BCUT2D eigenvalue weighted by atomic mass is 16.5. The predicted octanol–water partition coefficient (Wildman–Crippen LogP) is 4.56. The van der Waals surface area contributed by atoms with Crippen LogP contribution in [0, 0.1) is 11.8 Å². The number of nitrogens with zero attached hydrogens (tertiary/aromatic N) is 1. The molecule has 0 aliphatic heterocycles. The standard InChI is InChI=1S/C20H21NO3/c1-23-20(22)16-6-9-19(21-12-16)24-17-7-4-14(5-8-17)18-11-13-2-3-15(18)10-13/h4-9,12-13,15,18H,2-3,10-11H2,1H3/t13-,15+,18?/m1/s1. The smallest absolute Gasteiger partial charge is 0.339 e. The molecule has 4 rings (SSSR count). The van der Waals surface area contributed by atoms with Gasteiger partial charge in [-0.3, -0.25) is 0 Å². The maximum Gasteiger partial charge on any atom is 0.339 e. The Hall–Kier alpha value is -2.36. The van der Waals surface area contributed by atoms with Gasteiger partial charge in [-0.05, 0) is 60.8 Å². The van der Waals surface area contributed by atoms with Crippen LogP contribution in [0.2, 0.25) is 0 Å². The second-order valence-corrected chi connectivity index (χ2v) is 6.83. The molecule has 24 heavy (non-hydrogen) atoms. The van der Waals surface area contributed by atoms with Gasteiger partial charge < -0.3 is 9.47 Å². The summed E-state index contributed by atoms with van der Waals surface area (Å²) in [5, 5.41) is 0. The zero-order chi connectivity index (χ0) is 16.5. The number of esters is 1. The molecule has 3 atom stereocenters. The number of ether oxygens (including phenoxy) is 2. The Morgan fingerprint density at radius 3 is 2.50 bits per heavy atom. The molecule has 2 aromatic rings. The lowest BCUT2D eigenvalue weighted by atomic mass is 9.83. The van der Waals surface area contributed by atoms with Crippen molar-refractivity contribution in [2.45, 2.75) is 31.6 Å². The van der Waals surface area contributed by atoms with Crippen LogP contribution < -0.4 is 4.74 Å². The molecule has 2 bridgehead atoms. The van der Waals surface area contributed by atoms with Crippen LogP contribution in [0.25, 0.3) is 0 Å². The fourth-order valence-electron chi connectivity index (χ4n) is 4.24. The Bertz CT molecular complexity index is 724. The van der Waals surface area contributed by atoms with Crippen LogP contribution in [0.1, 0.15) is 47.5 Å². The van der Waals surface area contributed by atoms with Gasteiger partial charge in [-0.25, -0.2) is 9.78 Å². The monoisotopic (exact) mass is 323 g/mol. The average Bonchev–Trinajstić information content (AvgIpc) is 3.26. The van der Waals surface area contributed by atoms with Crippen LogP contribution in [0.15, 0.2) is 42.6 Å². The third-order valence-electron chi connectivity index (χ3n) is 5.43. The van der Waals surface area contributed by atoms with E-state index in [9.17, 15) is 4.79 Å². The number of aromatic nitrogens is 1. The van der Waals surface area contributed by atoms with E-state index in [0.29, 0.717) is 11.4 Å². The minimum atomic E-state index is -0.399. The van der Waals surface area contributed by atoms with E-state index in [1.54, 1.807) is 12.1 Å². The van der Waals surface area contributed by atoms with Crippen molar-refractivity contribution in [3.63, 3.8) is 0 Å². The maximum atomic E-state index is 11.4. The van der Waals surface area contributed by atoms with Crippen molar-refractivity contribution in [3.05, 3.63) is 53.7 Å². The molecule has 2 aliphatic carbocycles. The first kappa shape index (κ1) is 15.2. The van der Waals surface area contributed by atoms with Gasteiger partial charge in [0.2, 0.25) is 5.88 Å². The molecule has 0 radical (unpaired) electrons. The van der Waals surface area contributed by atoms with Gasteiger partial charge in [0, 0.05) is 12.3 Å². The number of rotatable bonds is 4. The molecule has 0 N–H and O–H groups in total. The first-order valence-corrected chi connectivity index (χ1v) is 8.55. The third-order valence-corrected chi connectivity index (χ3v) is 5.43. The highest BCUT2D eigenvalue weighted by Crippen LogP contribution is 2.52. The lowest BCUT2D eigenvalue weighted by Gasteiger charge is -2.22. The van der Waals surface area contributed by atoms with E-state index in [1.165, 1.54) is 44.6 Å². The highest BCUT2D eigenvalue weighted by molar-refractivity contribution is 5.88. The van der Waals surface area contributed by atoms with Crippen molar-refractivity contribution in [3.8, 4) is 11.6 Å². The molecule has 0 saturated heterocycles. The van der Waals surface area contributed by atoms with E-state index in [1.807, 2.05) is 12.1 Å². The van der Waals surface area contributed by atoms with E-state index >= 15 is 0 Å². The summed E-state index contributed by atoms with van der Waals surface area (Å²) in [5.41, 5.74) is 1.85. The molecule has 2 saturated carbocycles. The molecule has 0 amide bonds. The molecular weight excluding hydrogens is 302 g/mol. The summed E-state index contributed by atoms with van der Waals surface area (Å²) in [6.07, 6.45) is 7.05. The van der Waals surface area contributed by atoms with Crippen LogP contribution in [0.4, 0.5) is 0 Å². The normalized spacial score (nSPS) is 24.8. The van der Waals surface area contributed by atoms with Gasteiger partial charge >= 0.3 is 5.97 Å². The highest BCUT2D eigenvalue weighted by Gasteiger charge is 2.39. The minimum absolute atomic E-state index is 0.399. The van der Waals surface area contributed by atoms with Crippen LogP contribution in [0.3, 0.4) is 0 Å². The first-order valence-electron chi connectivity index (χ1n) is 8.55. The third kappa shape index (κ3) is 2.88. The Kier molecular flexibility index (Phi) is 3.97. The summed E-state index contributed by atoms with van der Waals surface area (Å²) in [6.45, 7) is 0. The van der Waals surface area contributed by atoms with E-state index < -0.39 is 5.97 Å². The summed E-state index contributed by atoms with van der Waals surface area (Å²) in [4.78, 5) is 15.5. The van der Waals surface area contributed by atoms with Gasteiger partial charge in [0.25, 0.3) is 0 Å². The number of benzene rings is 1. The number of fused-ring (bicyclic) bond motifs is 2. The second kappa shape index (κ2) is 6.27. The van der Waals surface area contributed by atoms with Crippen LogP contribution in [-0.4, -0.2) is 18.1 Å². The topological polar surface area (TPSA) is 48.4 Å². The maximum absolute atomic E-state index is 11.4. The quantitative estimate of drug-likeness (QED) is 0.774. The summed E-state index contributed by atoms with van der Waals surface area (Å²) < 4.78 is 10.4. The molecule has 1 unspecified atom stereocenters. The fraction of sp³-hybridized carbons (Fsp3) is 0.400. The summed E-state index contributed by atoms with van der Waals surface area (Å²) in [6, 6.07) is 11.7. The summed E-state index contributed by atoms with van der Waals surface area (Å²) in [5.74, 6) is 3.40. The number of hydrogen-bond acceptors (Lipinski definition) is 4. The van der Waals surface area contributed by atoms with Gasteiger partial charge in [-0.15, -0.1) is 0 Å². The minimum Gasteiger partial charge on any atom is -0.465 e. The molecule has 4 heteroatoms. The number of methoxy groups -OCH3 is 1. The Labute approximate surface area is 141 Å². The van der Waals surface area contributed by atoms with Gasteiger partial charge in [-0.1, -0.05) is 18.6 Å². The van der Waals surface area contributed by atoms with Crippen LogP contribution >= 0.6 is 0 Å². The molecule has 2 aliphatic rings. The predicted molar refractivity (Wildman–Crippen MR) is 90.3 cm³/mol. The SMILES string of the molecule is COC(=O)c1ccc(Oc2ccc(C3C[C@@H]4CC[C@H]3C4)cc2)nc1. The molecular formula is C20H21NO3. The molecule has 1 heterocycles. The van der Waals surface area contributed by atoms with E-state index in [4.69, 9.17) is 4.74 Å². The van der Waals surface area contributed by atoms with Crippen molar-refractivity contribution < 1.29 is 14.3 Å². The molecule has 1 aromatic heterocycles. The Morgan fingerprint density at radius 1 is 1.08 bits per heavy atom. The molecule has 4 nitrogen and oxygen atoms in total. The van der Waals surface area contributed by atoms with E-state index in [-0.39, 0.29) is 0 Å².